The van der Waals surface area contributed by atoms with Gasteiger partial charge in [-0.2, -0.15) is 4.72 Å². The largest absolute Gasteiger partial charge is 0.355 e. The van der Waals surface area contributed by atoms with Crippen LogP contribution in [-0.2, 0) is 21.4 Å². The van der Waals surface area contributed by atoms with Gasteiger partial charge in [0.15, 0.2) is 0 Å². The summed E-state index contributed by atoms with van der Waals surface area (Å²) < 4.78 is 26.7. The van der Waals surface area contributed by atoms with Crippen LogP contribution < -0.4 is 15.8 Å². The fraction of sp³-hybridized carbons (Fsp3) is 0.417. The highest BCUT2D eigenvalue weighted by Crippen LogP contribution is 2.14. The predicted molar refractivity (Wildman–Crippen MR) is 72.8 cm³/mol. The van der Waals surface area contributed by atoms with Gasteiger partial charge >= 0.3 is 0 Å². The molecule has 0 aliphatic carbocycles. The molecule has 1 unspecified atom stereocenters. The zero-order chi connectivity index (χ0) is 14.5. The highest BCUT2D eigenvalue weighted by molar-refractivity contribution is 7.89. The van der Waals surface area contributed by atoms with E-state index in [1.165, 1.54) is 13.0 Å². The third-order valence-corrected chi connectivity index (χ3v) is 4.20. The molecule has 0 heterocycles. The quantitative estimate of drug-likeness (QED) is 0.682. The van der Waals surface area contributed by atoms with Crippen LogP contribution in [0.25, 0.3) is 0 Å². The van der Waals surface area contributed by atoms with Crippen molar-refractivity contribution < 1.29 is 13.2 Å². The zero-order valence-corrected chi connectivity index (χ0v) is 11.8. The van der Waals surface area contributed by atoms with Crippen molar-refractivity contribution >= 4 is 15.9 Å². The number of sulfonamides is 1. The van der Waals surface area contributed by atoms with E-state index in [2.05, 4.69) is 10.0 Å². The lowest BCUT2D eigenvalue weighted by Crippen LogP contribution is -2.44. The first-order chi connectivity index (χ1) is 8.92. The Morgan fingerprint density at radius 3 is 2.58 bits per heavy atom. The Balaban J connectivity index is 2.96. The second kappa shape index (κ2) is 6.65. The summed E-state index contributed by atoms with van der Waals surface area (Å²) >= 11 is 0. The Morgan fingerprint density at radius 2 is 2.00 bits per heavy atom. The van der Waals surface area contributed by atoms with Crippen LogP contribution in [0.3, 0.4) is 0 Å². The Hall–Kier alpha value is -1.44. The number of nitrogens with one attached hydrogen (secondary N) is 2. The van der Waals surface area contributed by atoms with Crippen LogP contribution in [-0.4, -0.2) is 26.9 Å². The van der Waals surface area contributed by atoms with Crippen molar-refractivity contribution in [2.24, 2.45) is 5.73 Å². The standard InChI is InChI=1S/C12H19N3O3S/c1-3-14-12(16)9(2)15-19(17,18)11-7-5-4-6-10(11)8-13/h4-7,9,15H,3,8,13H2,1-2H3,(H,14,16). The van der Waals surface area contributed by atoms with E-state index >= 15 is 0 Å². The fourth-order valence-corrected chi connectivity index (χ4v) is 3.07. The van der Waals surface area contributed by atoms with E-state index in [9.17, 15) is 13.2 Å². The number of nitrogens with two attached hydrogens (primary N) is 1. The van der Waals surface area contributed by atoms with Gasteiger partial charge in [-0.05, 0) is 25.5 Å². The maximum absolute atomic E-state index is 12.2. The van der Waals surface area contributed by atoms with E-state index in [4.69, 9.17) is 5.73 Å². The molecule has 1 amide bonds. The lowest BCUT2D eigenvalue weighted by molar-refractivity contribution is -0.122. The molecule has 1 aromatic carbocycles. The number of carbonyl (C=O) groups is 1. The van der Waals surface area contributed by atoms with E-state index in [0.717, 1.165) is 0 Å². The molecule has 106 valence electrons. The van der Waals surface area contributed by atoms with Crippen molar-refractivity contribution in [3.05, 3.63) is 29.8 Å². The van der Waals surface area contributed by atoms with Crippen LogP contribution in [0.15, 0.2) is 29.2 Å². The molecule has 0 aliphatic rings. The van der Waals surface area contributed by atoms with Crippen LogP contribution in [0.1, 0.15) is 19.4 Å². The number of carbonyl (C=O) groups excluding carboxylic acids is 1. The Bertz CT molecular complexity index is 543. The molecular weight excluding hydrogens is 266 g/mol. The summed E-state index contributed by atoms with van der Waals surface area (Å²) in [5, 5.41) is 2.56. The lowest BCUT2D eigenvalue weighted by Gasteiger charge is -2.15. The zero-order valence-electron chi connectivity index (χ0n) is 11.0. The average molecular weight is 285 g/mol. The van der Waals surface area contributed by atoms with E-state index < -0.39 is 16.1 Å². The minimum atomic E-state index is -3.76. The Morgan fingerprint density at radius 1 is 1.37 bits per heavy atom. The summed E-state index contributed by atoms with van der Waals surface area (Å²) in [5.74, 6) is -0.365. The topological polar surface area (TPSA) is 101 Å². The molecule has 0 radical (unpaired) electrons. The van der Waals surface area contributed by atoms with E-state index in [1.54, 1.807) is 25.1 Å². The predicted octanol–water partition coefficient (Wildman–Crippen LogP) is -0.0518. The van der Waals surface area contributed by atoms with Gasteiger partial charge in [-0.25, -0.2) is 8.42 Å². The van der Waals surface area contributed by atoms with Crippen molar-refractivity contribution in [2.45, 2.75) is 31.3 Å². The molecule has 0 aromatic heterocycles. The molecule has 0 saturated carbocycles. The molecule has 7 heteroatoms. The van der Waals surface area contributed by atoms with Gasteiger partial charge in [0, 0.05) is 13.1 Å². The van der Waals surface area contributed by atoms with Crippen molar-refractivity contribution in [1.82, 2.24) is 10.0 Å². The normalized spacial score (nSPS) is 13.0. The van der Waals surface area contributed by atoms with Gasteiger partial charge in [-0.15, -0.1) is 0 Å². The maximum atomic E-state index is 12.2. The van der Waals surface area contributed by atoms with Gasteiger partial charge in [-0.1, -0.05) is 18.2 Å². The molecule has 4 N–H and O–H groups in total. The summed E-state index contributed by atoms with van der Waals surface area (Å²) in [6.07, 6.45) is 0. The second-order valence-corrected chi connectivity index (χ2v) is 5.73. The second-order valence-electron chi connectivity index (χ2n) is 4.05. The van der Waals surface area contributed by atoms with Crippen LogP contribution in [0.5, 0.6) is 0 Å². The first-order valence-corrected chi connectivity index (χ1v) is 7.48. The van der Waals surface area contributed by atoms with Crippen LogP contribution in [0.4, 0.5) is 0 Å². The molecular formula is C12H19N3O3S. The number of benzene rings is 1. The first-order valence-electron chi connectivity index (χ1n) is 6.00. The third kappa shape index (κ3) is 4.02. The number of amides is 1. The van der Waals surface area contributed by atoms with Gasteiger partial charge in [0.05, 0.1) is 10.9 Å². The van der Waals surface area contributed by atoms with Gasteiger partial charge in [-0.3, -0.25) is 4.79 Å². The summed E-state index contributed by atoms with van der Waals surface area (Å²) in [7, 11) is -3.76. The summed E-state index contributed by atoms with van der Waals surface area (Å²) in [5.41, 5.74) is 6.03. The van der Waals surface area contributed by atoms with Gasteiger partial charge in [0.2, 0.25) is 15.9 Å². The number of hydrogen-bond donors (Lipinski definition) is 3. The van der Waals surface area contributed by atoms with Crippen molar-refractivity contribution in [3.63, 3.8) is 0 Å². The SMILES string of the molecule is CCNC(=O)C(C)NS(=O)(=O)c1ccccc1CN. The van der Waals surface area contributed by atoms with Crippen LogP contribution in [0.2, 0.25) is 0 Å². The minimum Gasteiger partial charge on any atom is -0.355 e. The number of hydrogen-bond acceptors (Lipinski definition) is 4. The molecule has 6 nitrogen and oxygen atoms in total. The minimum absolute atomic E-state index is 0.105. The summed E-state index contributed by atoms with van der Waals surface area (Å²) in [6.45, 7) is 3.83. The molecule has 0 saturated heterocycles. The molecule has 1 aromatic rings. The van der Waals surface area contributed by atoms with Crippen molar-refractivity contribution in [3.8, 4) is 0 Å². The maximum Gasteiger partial charge on any atom is 0.241 e. The highest BCUT2D eigenvalue weighted by Gasteiger charge is 2.23. The average Bonchev–Trinajstić information content (AvgIpc) is 2.38. The first kappa shape index (κ1) is 15.6. The fourth-order valence-electron chi connectivity index (χ4n) is 1.61. The van der Waals surface area contributed by atoms with Crippen molar-refractivity contribution in [2.75, 3.05) is 6.54 Å². The summed E-state index contributed by atoms with van der Waals surface area (Å²) in [4.78, 5) is 11.6. The molecule has 0 spiro atoms. The van der Waals surface area contributed by atoms with Crippen LogP contribution >= 0.6 is 0 Å². The van der Waals surface area contributed by atoms with E-state index in [1.807, 2.05) is 0 Å². The van der Waals surface area contributed by atoms with E-state index in [0.29, 0.717) is 12.1 Å². The molecule has 0 aliphatic heterocycles. The van der Waals surface area contributed by atoms with Gasteiger partial charge < -0.3 is 11.1 Å². The molecule has 0 fully saturated rings. The highest BCUT2D eigenvalue weighted by atomic mass is 32.2. The van der Waals surface area contributed by atoms with E-state index in [-0.39, 0.29) is 17.3 Å². The number of likely N-dealkylation sites (N-methyl/N-ethyl adjacent to an activating group) is 1. The lowest BCUT2D eigenvalue weighted by atomic mass is 10.2. The third-order valence-electron chi connectivity index (χ3n) is 2.56. The molecule has 0 bridgehead atoms. The van der Waals surface area contributed by atoms with Crippen LogP contribution in [0, 0.1) is 0 Å². The molecule has 1 atom stereocenters. The van der Waals surface area contributed by atoms with Gasteiger partial charge in [0.25, 0.3) is 0 Å². The van der Waals surface area contributed by atoms with Crippen molar-refractivity contribution in [1.29, 1.82) is 0 Å². The Labute approximate surface area is 113 Å². The molecule has 1 rings (SSSR count). The monoisotopic (exact) mass is 285 g/mol. The number of rotatable bonds is 6. The summed E-state index contributed by atoms with van der Waals surface area (Å²) in [6, 6.07) is 5.61. The molecule has 19 heavy (non-hydrogen) atoms. The van der Waals surface area contributed by atoms with Gasteiger partial charge in [0.1, 0.15) is 0 Å². The Kier molecular flexibility index (Phi) is 5.46. The smallest absolute Gasteiger partial charge is 0.241 e.